The van der Waals surface area contributed by atoms with E-state index in [1.54, 1.807) is 7.11 Å². The highest BCUT2D eigenvalue weighted by Gasteiger charge is 2.38. The first-order chi connectivity index (χ1) is 7.28. The first-order valence-electron chi connectivity index (χ1n) is 4.90. The molecule has 0 aromatic heterocycles. The number of nitriles is 1. The number of methoxy groups -OCH3 is 1. The smallest absolute Gasteiger partial charge is 0.118 e. The van der Waals surface area contributed by atoms with Crippen LogP contribution in [0.2, 0.25) is 0 Å². The van der Waals surface area contributed by atoms with E-state index < -0.39 is 0 Å². The summed E-state index contributed by atoms with van der Waals surface area (Å²) in [5, 5.41) is 9.04. The van der Waals surface area contributed by atoms with Crippen LogP contribution in [-0.4, -0.2) is 20.3 Å². The maximum absolute atomic E-state index is 9.04. The molecule has 0 aliphatic carbocycles. The molecule has 1 aromatic rings. The van der Waals surface area contributed by atoms with Gasteiger partial charge in [-0.05, 0) is 24.1 Å². The molecule has 2 rings (SSSR count). The van der Waals surface area contributed by atoms with Gasteiger partial charge in [-0.2, -0.15) is 5.26 Å². The zero-order chi connectivity index (χ0) is 10.7. The lowest BCUT2D eigenvalue weighted by molar-refractivity contribution is -0.0765. The van der Waals surface area contributed by atoms with E-state index >= 15 is 0 Å². The first kappa shape index (κ1) is 10.0. The van der Waals surface area contributed by atoms with Crippen LogP contribution in [0.3, 0.4) is 0 Å². The first-order valence-corrected chi connectivity index (χ1v) is 4.90. The quantitative estimate of drug-likeness (QED) is 0.752. The van der Waals surface area contributed by atoms with Crippen LogP contribution in [0.15, 0.2) is 24.3 Å². The summed E-state index contributed by atoms with van der Waals surface area (Å²) in [5.41, 5.74) is 0.856. The number of nitrogens with zero attached hydrogens (tertiary/aromatic N) is 1. The minimum Gasteiger partial charge on any atom is -0.497 e. The van der Waals surface area contributed by atoms with E-state index in [4.69, 9.17) is 14.7 Å². The monoisotopic (exact) mass is 203 g/mol. The molecule has 0 unspecified atom stereocenters. The fourth-order valence-electron chi connectivity index (χ4n) is 1.69. The third-order valence-electron chi connectivity index (χ3n) is 2.70. The van der Waals surface area contributed by atoms with Gasteiger partial charge in [-0.3, -0.25) is 0 Å². The normalized spacial score (nSPS) is 17.6. The second-order valence-corrected chi connectivity index (χ2v) is 3.91. The standard InChI is InChI=1S/C12H13NO2/c1-14-11-4-2-10(3-5-11)6-12(7-13)8-15-9-12/h2-5H,6,8-9H2,1H3. The summed E-state index contributed by atoms with van der Waals surface area (Å²) >= 11 is 0. The number of rotatable bonds is 3. The lowest BCUT2D eigenvalue weighted by Crippen LogP contribution is -2.43. The molecular formula is C12H13NO2. The molecule has 3 heteroatoms. The average Bonchev–Trinajstić information content (AvgIpc) is 2.24. The molecule has 3 nitrogen and oxygen atoms in total. The van der Waals surface area contributed by atoms with Crippen LogP contribution in [0.1, 0.15) is 5.56 Å². The zero-order valence-corrected chi connectivity index (χ0v) is 8.69. The van der Waals surface area contributed by atoms with Gasteiger partial charge in [-0.1, -0.05) is 12.1 Å². The van der Waals surface area contributed by atoms with Crippen LogP contribution in [-0.2, 0) is 11.2 Å². The number of hydrogen-bond donors (Lipinski definition) is 0. The second kappa shape index (κ2) is 3.92. The molecule has 1 aliphatic rings. The van der Waals surface area contributed by atoms with Crippen molar-refractivity contribution < 1.29 is 9.47 Å². The van der Waals surface area contributed by atoms with E-state index in [0.29, 0.717) is 13.2 Å². The molecule has 15 heavy (non-hydrogen) atoms. The van der Waals surface area contributed by atoms with Crippen LogP contribution < -0.4 is 4.74 Å². The maximum atomic E-state index is 9.04. The molecule has 0 N–H and O–H groups in total. The fraction of sp³-hybridized carbons (Fsp3) is 0.417. The minimum absolute atomic E-state index is 0.297. The predicted molar refractivity (Wildman–Crippen MR) is 55.6 cm³/mol. The molecule has 1 fully saturated rings. The third-order valence-corrected chi connectivity index (χ3v) is 2.70. The molecule has 0 atom stereocenters. The highest BCUT2D eigenvalue weighted by molar-refractivity contribution is 5.29. The van der Waals surface area contributed by atoms with Gasteiger partial charge in [0.1, 0.15) is 11.2 Å². The molecule has 0 spiro atoms. The van der Waals surface area contributed by atoms with Crippen molar-refractivity contribution in [3.8, 4) is 11.8 Å². The Morgan fingerprint density at radius 1 is 1.40 bits per heavy atom. The summed E-state index contributed by atoms with van der Waals surface area (Å²) in [4.78, 5) is 0. The Kier molecular flexibility index (Phi) is 2.61. The Labute approximate surface area is 89.2 Å². The fourth-order valence-corrected chi connectivity index (χ4v) is 1.69. The van der Waals surface area contributed by atoms with Gasteiger partial charge in [0.05, 0.1) is 26.4 Å². The Balaban J connectivity index is 2.08. The zero-order valence-electron chi connectivity index (χ0n) is 8.69. The molecule has 0 bridgehead atoms. The van der Waals surface area contributed by atoms with E-state index in [1.165, 1.54) is 0 Å². The largest absolute Gasteiger partial charge is 0.497 e. The molecule has 0 saturated carbocycles. The van der Waals surface area contributed by atoms with E-state index in [0.717, 1.165) is 17.7 Å². The van der Waals surface area contributed by atoms with Crippen LogP contribution in [0.25, 0.3) is 0 Å². The molecule has 1 aromatic carbocycles. The summed E-state index contributed by atoms with van der Waals surface area (Å²) in [7, 11) is 1.64. The Hall–Kier alpha value is -1.53. The van der Waals surface area contributed by atoms with Gasteiger partial charge >= 0.3 is 0 Å². The van der Waals surface area contributed by atoms with Crippen LogP contribution >= 0.6 is 0 Å². The van der Waals surface area contributed by atoms with Gasteiger partial charge in [-0.15, -0.1) is 0 Å². The molecule has 1 aliphatic heterocycles. The minimum atomic E-state index is -0.297. The van der Waals surface area contributed by atoms with Crippen LogP contribution in [0.5, 0.6) is 5.75 Å². The van der Waals surface area contributed by atoms with Crippen molar-refractivity contribution in [1.82, 2.24) is 0 Å². The highest BCUT2D eigenvalue weighted by Crippen LogP contribution is 2.31. The molecule has 1 heterocycles. The summed E-state index contributed by atoms with van der Waals surface area (Å²) < 4.78 is 10.2. The molecule has 78 valence electrons. The summed E-state index contributed by atoms with van der Waals surface area (Å²) in [6.07, 6.45) is 0.757. The van der Waals surface area contributed by atoms with E-state index in [9.17, 15) is 0 Å². The summed E-state index contributed by atoms with van der Waals surface area (Å²) in [6, 6.07) is 10.2. The number of hydrogen-bond acceptors (Lipinski definition) is 3. The molecular weight excluding hydrogens is 190 g/mol. The molecule has 1 saturated heterocycles. The lowest BCUT2D eigenvalue weighted by Gasteiger charge is -2.35. The van der Waals surface area contributed by atoms with Gasteiger partial charge in [0.15, 0.2) is 0 Å². The van der Waals surface area contributed by atoms with Gasteiger partial charge in [0, 0.05) is 0 Å². The van der Waals surface area contributed by atoms with Crippen molar-refractivity contribution in [2.45, 2.75) is 6.42 Å². The van der Waals surface area contributed by atoms with Crippen molar-refractivity contribution in [1.29, 1.82) is 5.26 Å². The highest BCUT2D eigenvalue weighted by atomic mass is 16.5. The summed E-state index contributed by atoms with van der Waals surface area (Å²) in [6.45, 7) is 1.10. The van der Waals surface area contributed by atoms with E-state index in [2.05, 4.69) is 6.07 Å². The van der Waals surface area contributed by atoms with Crippen molar-refractivity contribution in [2.24, 2.45) is 5.41 Å². The Morgan fingerprint density at radius 3 is 2.47 bits per heavy atom. The topological polar surface area (TPSA) is 42.2 Å². The molecule has 0 radical (unpaired) electrons. The van der Waals surface area contributed by atoms with Crippen molar-refractivity contribution in [3.05, 3.63) is 29.8 Å². The van der Waals surface area contributed by atoms with Crippen molar-refractivity contribution in [3.63, 3.8) is 0 Å². The Morgan fingerprint density at radius 2 is 2.07 bits per heavy atom. The second-order valence-electron chi connectivity index (χ2n) is 3.91. The lowest BCUT2D eigenvalue weighted by atomic mass is 9.81. The van der Waals surface area contributed by atoms with E-state index in [1.807, 2.05) is 24.3 Å². The SMILES string of the molecule is COc1ccc(CC2(C#N)COC2)cc1. The average molecular weight is 203 g/mol. The van der Waals surface area contributed by atoms with Crippen molar-refractivity contribution >= 4 is 0 Å². The molecule has 0 amide bonds. The number of ether oxygens (including phenoxy) is 2. The number of benzene rings is 1. The van der Waals surface area contributed by atoms with Crippen molar-refractivity contribution in [2.75, 3.05) is 20.3 Å². The van der Waals surface area contributed by atoms with E-state index in [-0.39, 0.29) is 5.41 Å². The van der Waals surface area contributed by atoms with Gasteiger partial charge in [0.25, 0.3) is 0 Å². The summed E-state index contributed by atoms with van der Waals surface area (Å²) in [5.74, 6) is 0.842. The third kappa shape index (κ3) is 1.95. The predicted octanol–water partition coefficient (Wildman–Crippen LogP) is 1.78. The van der Waals surface area contributed by atoms with Gasteiger partial charge < -0.3 is 9.47 Å². The Bertz CT molecular complexity index is 374. The maximum Gasteiger partial charge on any atom is 0.118 e. The van der Waals surface area contributed by atoms with Crippen LogP contribution in [0.4, 0.5) is 0 Å². The van der Waals surface area contributed by atoms with Gasteiger partial charge in [0.2, 0.25) is 0 Å². The van der Waals surface area contributed by atoms with Gasteiger partial charge in [-0.25, -0.2) is 0 Å². The van der Waals surface area contributed by atoms with Crippen LogP contribution in [0, 0.1) is 16.7 Å².